The van der Waals surface area contributed by atoms with E-state index in [2.05, 4.69) is 15.1 Å². The molecular weight excluding hydrogens is 541 g/mol. The lowest BCUT2D eigenvalue weighted by molar-refractivity contribution is 0.108. The minimum atomic E-state index is -0.527. The molecule has 4 aromatic rings. The third-order valence-corrected chi connectivity index (χ3v) is 10.2. The van der Waals surface area contributed by atoms with Crippen molar-refractivity contribution in [1.29, 1.82) is 0 Å². The maximum atomic E-state index is 16.8. The summed E-state index contributed by atoms with van der Waals surface area (Å²) in [6.07, 6.45) is 6.67. The molecule has 2 N–H and O–H groups in total. The normalized spacial score (nSPS) is 23.5. The van der Waals surface area contributed by atoms with Crippen molar-refractivity contribution in [3.8, 4) is 22.9 Å². The van der Waals surface area contributed by atoms with Gasteiger partial charge in [-0.1, -0.05) is 35.9 Å². The predicted octanol–water partition coefficient (Wildman–Crippen LogP) is 5.90. The summed E-state index contributed by atoms with van der Waals surface area (Å²) in [5.41, 5.74) is 0.973. The first kappa shape index (κ1) is 25.5. The van der Waals surface area contributed by atoms with Crippen LogP contribution in [0.5, 0.6) is 11.8 Å². The van der Waals surface area contributed by atoms with E-state index < -0.39 is 5.82 Å². The molecule has 212 valence electrons. The van der Waals surface area contributed by atoms with Crippen molar-refractivity contribution in [2.24, 2.45) is 0 Å². The molecule has 4 saturated heterocycles. The molecular formula is C32H33ClFN5O2. The number of phenolic OH excluding ortho intramolecular Hbond substituents is 1. The molecule has 4 fully saturated rings. The lowest BCUT2D eigenvalue weighted by atomic mass is 9.95. The first-order valence-electron chi connectivity index (χ1n) is 14.8. The summed E-state index contributed by atoms with van der Waals surface area (Å²) in [7, 11) is 0. The highest BCUT2D eigenvalue weighted by Crippen LogP contribution is 2.45. The molecule has 2 atom stereocenters. The first-order valence-corrected chi connectivity index (χ1v) is 15.2. The number of halogens is 2. The summed E-state index contributed by atoms with van der Waals surface area (Å²) in [5.74, 6) is 0.219. The second-order valence-electron chi connectivity index (χ2n) is 12.1. The van der Waals surface area contributed by atoms with Crippen LogP contribution in [-0.4, -0.2) is 70.4 Å². The number of anilines is 1. The smallest absolute Gasteiger partial charge is 0.319 e. The Kier molecular flexibility index (Phi) is 6.02. The van der Waals surface area contributed by atoms with Gasteiger partial charge in [-0.2, -0.15) is 9.97 Å². The molecule has 4 aliphatic rings. The van der Waals surface area contributed by atoms with E-state index in [1.54, 1.807) is 18.2 Å². The number of ether oxygens (including phenoxy) is 1. The second kappa shape index (κ2) is 9.68. The zero-order valence-corrected chi connectivity index (χ0v) is 23.6. The van der Waals surface area contributed by atoms with Crippen molar-refractivity contribution in [1.82, 2.24) is 20.2 Å². The minimum absolute atomic E-state index is 0.0245. The van der Waals surface area contributed by atoms with Crippen LogP contribution in [0.4, 0.5) is 10.2 Å². The Morgan fingerprint density at radius 2 is 1.78 bits per heavy atom. The fraction of sp³-hybridized carbons (Fsp3) is 0.438. The summed E-state index contributed by atoms with van der Waals surface area (Å²) in [6.45, 7) is 4.43. The van der Waals surface area contributed by atoms with Gasteiger partial charge in [-0.05, 0) is 86.1 Å². The summed E-state index contributed by atoms with van der Waals surface area (Å²) < 4.78 is 23.2. The van der Waals surface area contributed by atoms with Gasteiger partial charge in [0.1, 0.15) is 23.7 Å². The number of nitrogens with one attached hydrogen (secondary N) is 1. The number of hydrogen-bond donors (Lipinski definition) is 2. The number of piperazine rings is 1. The van der Waals surface area contributed by atoms with Crippen LogP contribution < -0.4 is 15.0 Å². The molecule has 5 heterocycles. The lowest BCUT2D eigenvalue weighted by Crippen LogP contribution is -2.52. The van der Waals surface area contributed by atoms with E-state index >= 15 is 4.39 Å². The van der Waals surface area contributed by atoms with E-state index in [0.29, 0.717) is 23.4 Å². The van der Waals surface area contributed by atoms with Gasteiger partial charge < -0.3 is 20.1 Å². The monoisotopic (exact) mass is 573 g/mol. The van der Waals surface area contributed by atoms with Crippen LogP contribution in [0.3, 0.4) is 0 Å². The van der Waals surface area contributed by atoms with Crippen LogP contribution in [0.15, 0.2) is 42.5 Å². The van der Waals surface area contributed by atoms with Crippen LogP contribution in [0.1, 0.15) is 38.5 Å². The molecule has 2 bridgehead atoms. The van der Waals surface area contributed by atoms with Gasteiger partial charge in [-0.3, -0.25) is 4.90 Å². The van der Waals surface area contributed by atoms with Gasteiger partial charge in [0.2, 0.25) is 0 Å². The minimum Gasteiger partial charge on any atom is -0.508 e. The van der Waals surface area contributed by atoms with Gasteiger partial charge in [0.05, 0.1) is 10.6 Å². The highest BCUT2D eigenvalue weighted by molar-refractivity contribution is 6.35. The van der Waals surface area contributed by atoms with Gasteiger partial charge >= 0.3 is 6.01 Å². The molecule has 0 saturated carbocycles. The Hall–Kier alpha value is -3.20. The third-order valence-electron chi connectivity index (χ3n) is 9.86. The highest BCUT2D eigenvalue weighted by Gasteiger charge is 2.45. The van der Waals surface area contributed by atoms with Crippen molar-refractivity contribution >= 4 is 39.1 Å². The average molecular weight is 574 g/mol. The number of benzene rings is 3. The molecule has 0 spiro atoms. The molecule has 9 heteroatoms. The zero-order valence-electron chi connectivity index (χ0n) is 22.9. The molecule has 1 aromatic heterocycles. The van der Waals surface area contributed by atoms with Crippen molar-refractivity contribution in [3.05, 3.63) is 53.3 Å². The topological polar surface area (TPSA) is 73.8 Å². The van der Waals surface area contributed by atoms with Crippen molar-refractivity contribution in [2.75, 3.05) is 37.7 Å². The first-order chi connectivity index (χ1) is 20.0. The van der Waals surface area contributed by atoms with Crippen molar-refractivity contribution < 1.29 is 14.2 Å². The van der Waals surface area contributed by atoms with E-state index in [9.17, 15) is 5.11 Å². The molecule has 8 rings (SSSR count). The summed E-state index contributed by atoms with van der Waals surface area (Å²) in [5, 5.41) is 16.5. The molecule has 7 nitrogen and oxygen atoms in total. The highest BCUT2D eigenvalue weighted by atomic mass is 35.5. The predicted molar refractivity (Wildman–Crippen MR) is 160 cm³/mol. The Balaban J connectivity index is 1.30. The molecule has 0 aliphatic carbocycles. The summed E-state index contributed by atoms with van der Waals surface area (Å²) in [4.78, 5) is 14.6. The van der Waals surface area contributed by atoms with Gasteiger partial charge in [-0.15, -0.1) is 0 Å². The van der Waals surface area contributed by atoms with Crippen LogP contribution >= 0.6 is 11.6 Å². The SMILES string of the molecule is Oc1cc(-c2c(Cl)cc3c(N4[C@@H]5CC[C@H]4CNC5)nc(OCC45CCCN4CCC5)nc3c2F)c2ccccc2c1. The van der Waals surface area contributed by atoms with E-state index in [0.717, 1.165) is 62.6 Å². The van der Waals surface area contributed by atoms with Crippen molar-refractivity contribution in [3.63, 3.8) is 0 Å². The molecule has 0 amide bonds. The van der Waals surface area contributed by atoms with Crippen LogP contribution in [0.25, 0.3) is 32.8 Å². The number of fused-ring (bicyclic) bond motifs is 5. The van der Waals surface area contributed by atoms with Crippen LogP contribution in [-0.2, 0) is 0 Å². The van der Waals surface area contributed by atoms with Gasteiger partial charge in [0.25, 0.3) is 0 Å². The molecule has 0 unspecified atom stereocenters. The fourth-order valence-corrected chi connectivity index (χ4v) is 8.25. The number of aromatic nitrogens is 2. The number of hydrogen-bond acceptors (Lipinski definition) is 7. The molecule has 4 aliphatic heterocycles. The Morgan fingerprint density at radius 3 is 2.56 bits per heavy atom. The van der Waals surface area contributed by atoms with Gasteiger partial charge in [0, 0.05) is 36.1 Å². The Bertz CT molecular complexity index is 1660. The average Bonchev–Trinajstić information content (AvgIpc) is 3.62. The van der Waals surface area contributed by atoms with E-state index in [-0.39, 0.29) is 45.5 Å². The Labute approximate surface area is 243 Å². The largest absolute Gasteiger partial charge is 0.508 e. The fourth-order valence-electron chi connectivity index (χ4n) is 7.95. The van der Waals surface area contributed by atoms with Gasteiger partial charge in [-0.25, -0.2) is 4.39 Å². The Morgan fingerprint density at radius 1 is 1.02 bits per heavy atom. The molecule has 0 radical (unpaired) electrons. The maximum absolute atomic E-state index is 16.8. The standard InChI is InChI=1S/C32H33ClFN5O2/c33-26-15-25-29(28(34)27(26)24-14-22(40)13-19-5-1-2-6-23(19)24)36-31(41-18-32-9-3-11-38(32)12-4-10-32)37-30(25)39-20-7-8-21(39)17-35-16-20/h1-2,5-6,13-15,20-21,35,40H,3-4,7-12,16-18H2/t20-,21+. The summed E-state index contributed by atoms with van der Waals surface area (Å²) >= 11 is 6.90. The van der Waals surface area contributed by atoms with E-state index in [4.69, 9.17) is 26.3 Å². The van der Waals surface area contributed by atoms with Crippen molar-refractivity contribution in [2.45, 2.75) is 56.1 Å². The lowest BCUT2D eigenvalue weighted by Gasteiger charge is -2.37. The van der Waals surface area contributed by atoms with E-state index in [1.807, 2.05) is 24.3 Å². The maximum Gasteiger partial charge on any atom is 0.319 e. The number of aromatic hydroxyl groups is 1. The third kappa shape index (κ3) is 4.06. The quantitative estimate of drug-likeness (QED) is 0.308. The van der Waals surface area contributed by atoms with Crippen LogP contribution in [0, 0.1) is 5.82 Å². The second-order valence-corrected chi connectivity index (χ2v) is 12.6. The van der Waals surface area contributed by atoms with E-state index in [1.165, 1.54) is 12.8 Å². The number of nitrogens with zero attached hydrogens (tertiary/aromatic N) is 4. The summed E-state index contributed by atoms with van der Waals surface area (Å²) in [6, 6.07) is 13.4. The van der Waals surface area contributed by atoms with Gasteiger partial charge in [0.15, 0.2) is 5.82 Å². The zero-order chi connectivity index (χ0) is 27.7. The molecule has 3 aromatic carbocycles. The molecule has 41 heavy (non-hydrogen) atoms. The number of phenols is 1. The van der Waals surface area contributed by atoms with Crippen LogP contribution in [0.2, 0.25) is 5.02 Å². The number of rotatable bonds is 5.